The first-order valence-electron chi connectivity index (χ1n) is 7.88. The fourth-order valence-corrected chi connectivity index (χ4v) is 2.84. The van der Waals surface area contributed by atoms with E-state index in [0.29, 0.717) is 13.1 Å². The van der Waals surface area contributed by atoms with Gasteiger partial charge in [-0.2, -0.15) is 0 Å². The summed E-state index contributed by atoms with van der Waals surface area (Å²) in [6.45, 7) is 9.17. The summed E-state index contributed by atoms with van der Waals surface area (Å²) in [5.41, 5.74) is 2.58. The molecule has 0 aromatic heterocycles. The van der Waals surface area contributed by atoms with Crippen molar-refractivity contribution in [2.45, 2.75) is 26.2 Å². The molecule has 0 bridgehead atoms. The Hall–Kier alpha value is -2.24. The van der Waals surface area contributed by atoms with Crippen molar-refractivity contribution in [1.82, 2.24) is 10.2 Å². The third-order valence-electron chi connectivity index (χ3n) is 4.08. The van der Waals surface area contributed by atoms with Gasteiger partial charge in [0.25, 0.3) is 0 Å². The number of anilines is 1. The first kappa shape index (κ1) is 17.1. The minimum Gasteiger partial charge on any atom is -0.465 e. The quantitative estimate of drug-likeness (QED) is 0.892. The fraction of sp³-hybridized carbons (Fsp3) is 0.529. The zero-order valence-corrected chi connectivity index (χ0v) is 14.0. The van der Waals surface area contributed by atoms with E-state index in [1.54, 1.807) is 4.90 Å². The molecule has 1 aromatic carbocycles. The highest BCUT2D eigenvalue weighted by atomic mass is 16.4. The number of carbonyl (C=O) groups is 2. The maximum atomic E-state index is 12.0. The summed E-state index contributed by atoms with van der Waals surface area (Å²) < 4.78 is 0. The summed E-state index contributed by atoms with van der Waals surface area (Å²) in [4.78, 5) is 26.4. The zero-order valence-electron chi connectivity index (χ0n) is 14.0. The van der Waals surface area contributed by atoms with Gasteiger partial charge in [0.05, 0.1) is 0 Å². The van der Waals surface area contributed by atoms with Crippen LogP contribution in [-0.4, -0.2) is 54.7 Å². The lowest BCUT2D eigenvalue weighted by Crippen LogP contribution is -2.51. The summed E-state index contributed by atoms with van der Waals surface area (Å²) in [5.74, 6) is -0.170. The van der Waals surface area contributed by atoms with Crippen molar-refractivity contribution in [3.8, 4) is 0 Å². The van der Waals surface area contributed by atoms with Gasteiger partial charge >= 0.3 is 6.09 Å². The molecule has 2 rings (SSSR count). The van der Waals surface area contributed by atoms with Crippen LogP contribution in [0, 0.1) is 0 Å². The Kier molecular flexibility index (Phi) is 5.13. The lowest BCUT2D eigenvalue weighted by molar-refractivity contribution is -0.130. The van der Waals surface area contributed by atoms with Crippen molar-refractivity contribution in [1.29, 1.82) is 0 Å². The van der Waals surface area contributed by atoms with Crippen molar-refractivity contribution in [2.24, 2.45) is 0 Å². The van der Waals surface area contributed by atoms with Crippen LogP contribution in [0.5, 0.6) is 0 Å². The van der Waals surface area contributed by atoms with Gasteiger partial charge in [0.2, 0.25) is 5.91 Å². The van der Waals surface area contributed by atoms with Crippen LogP contribution in [0.2, 0.25) is 0 Å². The number of carbonyl (C=O) groups excluding carboxylic acids is 1. The number of nitrogens with one attached hydrogen (secondary N) is 1. The molecular formula is C17H25N3O3. The van der Waals surface area contributed by atoms with E-state index in [0.717, 1.165) is 13.1 Å². The highest BCUT2D eigenvalue weighted by molar-refractivity contribution is 5.82. The number of amides is 2. The summed E-state index contributed by atoms with van der Waals surface area (Å²) in [5, 5.41) is 10.7. The van der Waals surface area contributed by atoms with Crippen LogP contribution >= 0.6 is 0 Å². The molecule has 6 nitrogen and oxygen atoms in total. The molecule has 1 fully saturated rings. The second-order valence-corrected chi connectivity index (χ2v) is 6.79. The van der Waals surface area contributed by atoms with E-state index >= 15 is 0 Å². The number of nitrogens with zero attached hydrogens (tertiary/aromatic N) is 2. The topological polar surface area (TPSA) is 72.9 Å². The van der Waals surface area contributed by atoms with Gasteiger partial charge in [0.1, 0.15) is 6.54 Å². The third-order valence-corrected chi connectivity index (χ3v) is 4.08. The molecule has 2 N–H and O–H groups in total. The third kappa shape index (κ3) is 4.37. The number of benzene rings is 1. The molecule has 2 amide bonds. The Morgan fingerprint density at radius 3 is 2.30 bits per heavy atom. The van der Waals surface area contributed by atoms with Crippen molar-refractivity contribution < 1.29 is 14.7 Å². The van der Waals surface area contributed by atoms with E-state index in [-0.39, 0.29) is 17.9 Å². The Bertz CT molecular complexity index is 573. The lowest BCUT2D eigenvalue weighted by atomic mass is 9.85. The van der Waals surface area contributed by atoms with Gasteiger partial charge in [-0.15, -0.1) is 0 Å². The monoisotopic (exact) mass is 319 g/mol. The molecule has 0 aliphatic carbocycles. The van der Waals surface area contributed by atoms with Crippen LogP contribution < -0.4 is 10.2 Å². The van der Waals surface area contributed by atoms with Crippen molar-refractivity contribution >= 4 is 17.7 Å². The van der Waals surface area contributed by atoms with Crippen LogP contribution in [0.15, 0.2) is 24.3 Å². The molecule has 0 atom stereocenters. The predicted octanol–water partition coefficient (Wildman–Crippen LogP) is 1.90. The Morgan fingerprint density at radius 1 is 1.13 bits per heavy atom. The average Bonchev–Trinajstić information content (AvgIpc) is 2.52. The van der Waals surface area contributed by atoms with Crippen LogP contribution in [0.4, 0.5) is 10.5 Å². The van der Waals surface area contributed by atoms with Crippen LogP contribution in [0.25, 0.3) is 0 Å². The summed E-state index contributed by atoms with van der Waals surface area (Å²) in [6, 6.07) is 8.38. The van der Waals surface area contributed by atoms with E-state index in [4.69, 9.17) is 5.11 Å². The average molecular weight is 319 g/mol. The second-order valence-electron chi connectivity index (χ2n) is 6.79. The van der Waals surface area contributed by atoms with E-state index in [2.05, 4.69) is 49.2 Å². The van der Waals surface area contributed by atoms with Gasteiger partial charge in [-0.3, -0.25) is 4.79 Å². The normalized spacial score (nSPS) is 15.4. The van der Waals surface area contributed by atoms with Crippen molar-refractivity contribution in [3.63, 3.8) is 0 Å². The summed E-state index contributed by atoms with van der Waals surface area (Å²) in [7, 11) is 0. The van der Waals surface area contributed by atoms with Crippen molar-refractivity contribution in [3.05, 3.63) is 29.8 Å². The maximum absolute atomic E-state index is 12.0. The van der Waals surface area contributed by atoms with Crippen LogP contribution in [0.1, 0.15) is 26.3 Å². The molecule has 1 aliphatic heterocycles. The lowest BCUT2D eigenvalue weighted by Gasteiger charge is -2.38. The SMILES string of the molecule is CC(C)(C)c1ccccc1N1CCN(C(=O)CNC(=O)O)CC1. The largest absolute Gasteiger partial charge is 0.465 e. The van der Waals surface area contributed by atoms with Gasteiger partial charge in [0, 0.05) is 31.9 Å². The number of piperazine rings is 1. The van der Waals surface area contributed by atoms with Gasteiger partial charge in [-0.25, -0.2) is 4.79 Å². The molecule has 0 radical (unpaired) electrons. The molecule has 0 spiro atoms. The molecule has 1 aromatic rings. The van der Waals surface area contributed by atoms with E-state index in [1.807, 2.05) is 6.07 Å². The molecular weight excluding hydrogens is 294 g/mol. The highest BCUT2D eigenvalue weighted by Gasteiger charge is 2.25. The number of hydrogen-bond donors (Lipinski definition) is 2. The molecule has 1 aliphatic rings. The molecule has 0 saturated carbocycles. The van der Waals surface area contributed by atoms with Crippen LogP contribution in [0.3, 0.4) is 0 Å². The smallest absolute Gasteiger partial charge is 0.405 e. The number of hydrogen-bond acceptors (Lipinski definition) is 3. The minimum absolute atomic E-state index is 0.0644. The predicted molar refractivity (Wildman–Crippen MR) is 90.0 cm³/mol. The van der Waals surface area contributed by atoms with Gasteiger partial charge in [-0.05, 0) is 17.0 Å². The highest BCUT2D eigenvalue weighted by Crippen LogP contribution is 2.32. The first-order valence-corrected chi connectivity index (χ1v) is 7.88. The number of para-hydroxylation sites is 1. The standard InChI is InChI=1S/C17H25N3O3/c1-17(2,3)13-6-4-5-7-14(13)19-8-10-20(11-9-19)15(21)12-18-16(22)23/h4-7,18H,8-12H2,1-3H3,(H,22,23). The number of carboxylic acid groups (broad SMARTS) is 1. The Balaban J connectivity index is 2.00. The van der Waals surface area contributed by atoms with Crippen molar-refractivity contribution in [2.75, 3.05) is 37.6 Å². The summed E-state index contributed by atoms with van der Waals surface area (Å²) in [6.07, 6.45) is -1.17. The van der Waals surface area contributed by atoms with Gasteiger partial charge in [-0.1, -0.05) is 39.0 Å². The zero-order chi connectivity index (χ0) is 17.0. The fourth-order valence-electron chi connectivity index (χ4n) is 2.84. The molecule has 6 heteroatoms. The molecule has 126 valence electrons. The second kappa shape index (κ2) is 6.89. The maximum Gasteiger partial charge on any atom is 0.405 e. The Labute approximate surface area is 137 Å². The molecule has 23 heavy (non-hydrogen) atoms. The van der Waals surface area contributed by atoms with Gasteiger partial charge in [0.15, 0.2) is 0 Å². The molecule has 1 saturated heterocycles. The van der Waals surface area contributed by atoms with E-state index in [1.165, 1.54) is 11.3 Å². The van der Waals surface area contributed by atoms with E-state index < -0.39 is 6.09 Å². The molecule has 1 heterocycles. The molecule has 0 unspecified atom stereocenters. The first-order chi connectivity index (χ1) is 10.8. The minimum atomic E-state index is -1.17. The number of rotatable bonds is 3. The summed E-state index contributed by atoms with van der Waals surface area (Å²) >= 11 is 0. The van der Waals surface area contributed by atoms with Gasteiger partial charge < -0.3 is 20.2 Å². The van der Waals surface area contributed by atoms with E-state index in [9.17, 15) is 9.59 Å². The Morgan fingerprint density at radius 2 is 1.74 bits per heavy atom. The van der Waals surface area contributed by atoms with Crippen LogP contribution in [-0.2, 0) is 10.2 Å².